The maximum atomic E-state index is 11.7. The minimum Gasteiger partial charge on any atom is -0.476 e. The van der Waals surface area contributed by atoms with Gasteiger partial charge in [0.25, 0.3) is 0 Å². The Kier molecular flexibility index (Phi) is 3.93. The van der Waals surface area contributed by atoms with Gasteiger partial charge in [0.05, 0.1) is 6.20 Å². The molecule has 0 spiro atoms. The number of carbonyl (C=O) groups is 3. The van der Waals surface area contributed by atoms with Crippen molar-refractivity contribution in [2.45, 2.75) is 6.54 Å². The molecular weight excluding hydrogens is 278 g/mol. The van der Waals surface area contributed by atoms with Crippen LogP contribution in [0.3, 0.4) is 0 Å². The van der Waals surface area contributed by atoms with Crippen LogP contribution in [0.15, 0.2) is 30.5 Å². The third-order valence-electron chi connectivity index (χ3n) is 2.52. The Morgan fingerprint density at radius 1 is 1.24 bits per heavy atom. The summed E-state index contributed by atoms with van der Waals surface area (Å²) >= 11 is 0. The lowest BCUT2D eigenvalue weighted by Crippen LogP contribution is -2.19. The summed E-state index contributed by atoms with van der Waals surface area (Å²) in [6.07, 6.45) is 1.15. The molecule has 0 aliphatic rings. The van der Waals surface area contributed by atoms with Crippen LogP contribution in [0.5, 0.6) is 0 Å². The molecule has 0 fully saturated rings. The van der Waals surface area contributed by atoms with E-state index >= 15 is 0 Å². The van der Waals surface area contributed by atoms with Gasteiger partial charge in [-0.2, -0.15) is 0 Å². The Balaban J connectivity index is 1.97. The van der Waals surface area contributed by atoms with Crippen molar-refractivity contribution < 1.29 is 19.5 Å². The van der Waals surface area contributed by atoms with E-state index in [0.29, 0.717) is 11.3 Å². The standard InChI is InChI=1S/C12H11N5O4/c13-11(19)7-1-3-8(4-2-7)14-10(18)6-17-5-9(12(20)21)15-16-17/h1-5H,6H2,(H2,13,19)(H,14,18)(H,20,21). The molecule has 0 bridgehead atoms. The van der Waals surface area contributed by atoms with Gasteiger partial charge in [-0.15, -0.1) is 5.10 Å². The first-order valence-corrected chi connectivity index (χ1v) is 5.79. The number of carboxylic acid groups (broad SMARTS) is 1. The van der Waals surface area contributed by atoms with Crippen LogP contribution in [0, 0.1) is 0 Å². The number of rotatable bonds is 5. The molecule has 1 aromatic heterocycles. The topological polar surface area (TPSA) is 140 Å². The molecule has 1 heterocycles. The van der Waals surface area contributed by atoms with Crippen molar-refractivity contribution in [3.05, 3.63) is 41.7 Å². The number of aromatic carboxylic acids is 1. The Labute approximate surface area is 118 Å². The van der Waals surface area contributed by atoms with Gasteiger partial charge in [-0.05, 0) is 24.3 Å². The van der Waals surface area contributed by atoms with Crippen molar-refractivity contribution in [1.29, 1.82) is 0 Å². The highest BCUT2D eigenvalue weighted by Crippen LogP contribution is 2.09. The second-order valence-corrected chi connectivity index (χ2v) is 4.10. The summed E-state index contributed by atoms with van der Waals surface area (Å²) in [5.74, 6) is -2.19. The molecule has 4 N–H and O–H groups in total. The second kappa shape index (κ2) is 5.82. The van der Waals surface area contributed by atoms with Gasteiger partial charge in [0.15, 0.2) is 5.69 Å². The molecule has 0 atom stereocenters. The summed E-state index contributed by atoms with van der Waals surface area (Å²) < 4.78 is 1.11. The number of amides is 2. The smallest absolute Gasteiger partial charge is 0.358 e. The third kappa shape index (κ3) is 3.62. The summed E-state index contributed by atoms with van der Waals surface area (Å²) in [5, 5.41) is 18.2. The molecule has 0 saturated heterocycles. The Morgan fingerprint density at radius 3 is 2.43 bits per heavy atom. The third-order valence-corrected chi connectivity index (χ3v) is 2.52. The normalized spacial score (nSPS) is 10.1. The molecule has 21 heavy (non-hydrogen) atoms. The van der Waals surface area contributed by atoms with Gasteiger partial charge < -0.3 is 16.2 Å². The second-order valence-electron chi connectivity index (χ2n) is 4.10. The van der Waals surface area contributed by atoms with E-state index in [1.165, 1.54) is 24.3 Å². The van der Waals surface area contributed by atoms with Gasteiger partial charge in [0.1, 0.15) is 6.54 Å². The molecule has 0 aliphatic heterocycles. The molecule has 9 nitrogen and oxygen atoms in total. The number of benzene rings is 1. The van der Waals surface area contributed by atoms with E-state index in [1.807, 2.05) is 0 Å². The number of nitrogens with one attached hydrogen (secondary N) is 1. The van der Waals surface area contributed by atoms with Crippen LogP contribution >= 0.6 is 0 Å². The zero-order valence-corrected chi connectivity index (χ0v) is 10.7. The number of primary amides is 1. The van der Waals surface area contributed by atoms with Crippen molar-refractivity contribution in [3.63, 3.8) is 0 Å². The van der Waals surface area contributed by atoms with Crippen molar-refractivity contribution in [2.75, 3.05) is 5.32 Å². The van der Waals surface area contributed by atoms with E-state index in [0.717, 1.165) is 10.9 Å². The molecule has 9 heteroatoms. The quantitative estimate of drug-likeness (QED) is 0.691. The van der Waals surface area contributed by atoms with Crippen LogP contribution in [0.25, 0.3) is 0 Å². The fourth-order valence-corrected chi connectivity index (χ4v) is 1.54. The summed E-state index contributed by atoms with van der Waals surface area (Å²) in [5.41, 5.74) is 5.66. The van der Waals surface area contributed by atoms with Crippen LogP contribution < -0.4 is 11.1 Å². The number of carboxylic acids is 1. The van der Waals surface area contributed by atoms with Crippen LogP contribution in [0.1, 0.15) is 20.8 Å². The van der Waals surface area contributed by atoms with E-state index < -0.39 is 17.8 Å². The van der Waals surface area contributed by atoms with Crippen molar-refractivity contribution >= 4 is 23.5 Å². The minimum atomic E-state index is -1.22. The molecule has 0 unspecified atom stereocenters. The first kappa shape index (κ1) is 14.2. The maximum Gasteiger partial charge on any atom is 0.358 e. The Hall–Kier alpha value is -3.23. The molecule has 0 aliphatic carbocycles. The van der Waals surface area contributed by atoms with E-state index in [9.17, 15) is 14.4 Å². The summed E-state index contributed by atoms with van der Waals surface area (Å²) in [4.78, 5) is 33.3. The van der Waals surface area contributed by atoms with E-state index in [2.05, 4.69) is 15.6 Å². The number of hydrogen-bond acceptors (Lipinski definition) is 5. The number of anilines is 1. The lowest BCUT2D eigenvalue weighted by atomic mass is 10.2. The fraction of sp³-hybridized carbons (Fsp3) is 0.0833. The highest BCUT2D eigenvalue weighted by molar-refractivity contribution is 5.94. The molecule has 108 valence electrons. The molecule has 2 amide bonds. The number of carbonyl (C=O) groups excluding carboxylic acids is 2. The van der Waals surface area contributed by atoms with Crippen molar-refractivity contribution in [3.8, 4) is 0 Å². The zero-order valence-electron chi connectivity index (χ0n) is 10.7. The lowest BCUT2D eigenvalue weighted by Gasteiger charge is -2.05. The van der Waals surface area contributed by atoms with Gasteiger partial charge in [0.2, 0.25) is 11.8 Å². The maximum absolute atomic E-state index is 11.7. The molecule has 2 rings (SSSR count). The van der Waals surface area contributed by atoms with Crippen LogP contribution in [-0.2, 0) is 11.3 Å². The lowest BCUT2D eigenvalue weighted by molar-refractivity contribution is -0.116. The average molecular weight is 289 g/mol. The first-order chi connectivity index (χ1) is 9.95. The van der Waals surface area contributed by atoms with E-state index in [-0.39, 0.29) is 12.2 Å². The van der Waals surface area contributed by atoms with Crippen LogP contribution in [0.2, 0.25) is 0 Å². The number of nitrogens with zero attached hydrogens (tertiary/aromatic N) is 3. The number of nitrogens with two attached hydrogens (primary N) is 1. The van der Waals surface area contributed by atoms with Gasteiger partial charge in [-0.25, -0.2) is 9.48 Å². The molecule has 1 aromatic carbocycles. The summed E-state index contributed by atoms with van der Waals surface area (Å²) in [6.45, 7) is -0.183. The SMILES string of the molecule is NC(=O)c1ccc(NC(=O)Cn2cc(C(=O)O)nn2)cc1. The van der Waals surface area contributed by atoms with Gasteiger partial charge in [-0.3, -0.25) is 9.59 Å². The molecule has 0 radical (unpaired) electrons. The molecule has 0 saturated carbocycles. The number of hydrogen-bond donors (Lipinski definition) is 3. The van der Waals surface area contributed by atoms with Crippen LogP contribution in [0.4, 0.5) is 5.69 Å². The Bertz CT molecular complexity index is 692. The minimum absolute atomic E-state index is 0.183. The number of aromatic nitrogens is 3. The highest BCUT2D eigenvalue weighted by Gasteiger charge is 2.11. The predicted octanol–water partition coefficient (Wildman–Crippen LogP) is -0.286. The zero-order chi connectivity index (χ0) is 15.4. The monoisotopic (exact) mass is 289 g/mol. The van der Waals surface area contributed by atoms with E-state index in [4.69, 9.17) is 10.8 Å². The fourth-order valence-electron chi connectivity index (χ4n) is 1.54. The Morgan fingerprint density at radius 2 is 1.90 bits per heavy atom. The summed E-state index contributed by atoms with van der Waals surface area (Å²) in [6, 6.07) is 6.02. The highest BCUT2D eigenvalue weighted by atomic mass is 16.4. The van der Waals surface area contributed by atoms with Gasteiger partial charge in [0, 0.05) is 11.3 Å². The molecular formula is C12H11N5O4. The van der Waals surface area contributed by atoms with Crippen LogP contribution in [-0.4, -0.2) is 37.9 Å². The van der Waals surface area contributed by atoms with Crippen molar-refractivity contribution in [1.82, 2.24) is 15.0 Å². The van der Waals surface area contributed by atoms with E-state index in [1.54, 1.807) is 0 Å². The predicted molar refractivity (Wildman–Crippen MR) is 70.6 cm³/mol. The molecule has 2 aromatic rings. The first-order valence-electron chi connectivity index (χ1n) is 5.79. The van der Waals surface area contributed by atoms with Gasteiger partial charge >= 0.3 is 5.97 Å². The van der Waals surface area contributed by atoms with Crippen molar-refractivity contribution in [2.24, 2.45) is 5.73 Å². The largest absolute Gasteiger partial charge is 0.476 e. The average Bonchev–Trinajstić information content (AvgIpc) is 2.87. The van der Waals surface area contributed by atoms with Gasteiger partial charge in [-0.1, -0.05) is 5.21 Å². The summed E-state index contributed by atoms with van der Waals surface area (Å²) in [7, 11) is 0.